The molecule has 2 nitrogen and oxygen atoms in total. The average Bonchev–Trinajstić information content (AvgIpc) is 3.51. The molecule has 0 atom stereocenters. The third-order valence-electron chi connectivity index (χ3n) is 5.94. The lowest BCUT2D eigenvalue weighted by atomic mass is 10.1. The fourth-order valence-corrected chi connectivity index (χ4v) is 5.26. The van der Waals surface area contributed by atoms with E-state index in [-0.39, 0.29) is 5.75 Å². The molecule has 1 N–H and O–H groups in total. The normalized spacial score (nSPS) is 13.6. The number of aryl methyl sites for hydroxylation is 2. The van der Waals surface area contributed by atoms with E-state index in [1.54, 1.807) is 17.4 Å². The standard InChI is InChI=1S/C27H26O2S/c1-18-5-2-3-8-23(18)27-26(24-16-13-21(28)17-25(24)30-27)29-22-14-11-20(12-15-22)7-4-6-19-9-10-19/h2-3,5,8,11-17,19,28H,4,6-7,9-10H2,1H3. The summed E-state index contributed by atoms with van der Waals surface area (Å²) in [5.41, 5.74) is 3.76. The van der Waals surface area contributed by atoms with Crippen LogP contribution in [-0.4, -0.2) is 5.11 Å². The first-order valence-electron chi connectivity index (χ1n) is 10.8. The van der Waals surface area contributed by atoms with Gasteiger partial charge in [-0.25, -0.2) is 0 Å². The maximum Gasteiger partial charge on any atom is 0.153 e. The minimum Gasteiger partial charge on any atom is -0.508 e. The van der Waals surface area contributed by atoms with E-state index in [2.05, 4.69) is 55.5 Å². The number of benzene rings is 3. The molecule has 1 aliphatic carbocycles. The highest BCUT2D eigenvalue weighted by Crippen LogP contribution is 2.47. The van der Waals surface area contributed by atoms with Crippen molar-refractivity contribution >= 4 is 21.4 Å². The first kappa shape index (κ1) is 19.2. The monoisotopic (exact) mass is 414 g/mol. The summed E-state index contributed by atoms with van der Waals surface area (Å²) in [6, 6.07) is 22.4. The van der Waals surface area contributed by atoms with Crippen molar-refractivity contribution in [3.63, 3.8) is 0 Å². The Morgan fingerprint density at radius 1 is 1.00 bits per heavy atom. The van der Waals surface area contributed by atoms with Crippen molar-refractivity contribution in [1.82, 2.24) is 0 Å². The molecule has 30 heavy (non-hydrogen) atoms. The van der Waals surface area contributed by atoms with E-state index in [9.17, 15) is 5.11 Å². The van der Waals surface area contributed by atoms with Crippen molar-refractivity contribution in [1.29, 1.82) is 0 Å². The van der Waals surface area contributed by atoms with Crippen LogP contribution in [0.2, 0.25) is 0 Å². The highest BCUT2D eigenvalue weighted by atomic mass is 32.1. The molecule has 0 amide bonds. The van der Waals surface area contributed by atoms with Crippen molar-refractivity contribution in [2.24, 2.45) is 5.92 Å². The zero-order chi connectivity index (χ0) is 20.5. The van der Waals surface area contributed by atoms with Gasteiger partial charge in [0.05, 0.1) is 4.88 Å². The summed E-state index contributed by atoms with van der Waals surface area (Å²) in [6.07, 6.45) is 6.66. The molecule has 3 heteroatoms. The number of aromatic hydroxyl groups is 1. The third kappa shape index (κ3) is 4.08. The van der Waals surface area contributed by atoms with Crippen LogP contribution in [0.15, 0.2) is 66.7 Å². The Balaban J connectivity index is 1.45. The largest absolute Gasteiger partial charge is 0.508 e. The second-order valence-electron chi connectivity index (χ2n) is 8.34. The van der Waals surface area contributed by atoms with Gasteiger partial charge in [0, 0.05) is 10.1 Å². The lowest BCUT2D eigenvalue weighted by molar-refractivity contribution is 0.476. The zero-order valence-electron chi connectivity index (χ0n) is 17.2. The van der Waals surface area contributed by atoms with Gasteiger partial charge in [-0.1, -0.05) is 55.7 Å². The van der Waals surface area contributed by atoms with Crippen LogP contribution < -0.4 is 4.74 Å². The van der Waals surface area contributed by atoms with Crippen LogP contribution in [0.1, 0.15) is 36.8 Å². The Kier molecular flexibility index (Phi) is 5.22. The van der Waals surface area contributed by atoms with Crippen molar-refractivity contribution in [3.8, 4) is 27.7 Å². The van der Waals surface area contributed by atoms with E-state index < -0.39 is 0 Å². The van der Waals surface area contributed by atoms with Crippen molar-refractivity contribution in [3.05, 3.63) is 77.9 Å². The Bertz CT molecular complexity index is 1170. The van der Waals surface area contributed by atoms with Crippen LogP contribution in [-0.2, 0) is 6.42 Å². The Morgan fingerprint density at radius 3 is 2.57 bits per heavy atom. The molecule has 1 aliphatic rings. The van der Waals surface area contributed by atoms with E-state index in [1.165, 1.54) is 42.4 Å². The summed E-state index contributed by atoms with van der Waals surface area (Å²) in [4.78, 5) is 1.10. The number of hydrogen-bond donors (Lipinski definition) is 1. The van der Waals surface area contributed by atoms with Crippen molar-refractivity contribution in [2.45, 2.75) is 39.0 Å². The third-order valence-corrected chi connectivity index (χ3v) is 7.10. The summed E-state index contributed by atoms with van der Waals surface area (Å²) in [5.74, 6) is 3.00. The second-order valence-corrected chi connectivity index (χ2v) is 9.39. The van der Waals surface area contributed by atoms with E-state index in [1.807, 2.05) is 12.1 Å². The summed E-state index contributed by atoms with van der Waals surface area (Å²) >= 11 is 1.66. The van der Waals surface area contributed by atoms with Crippen molar-refractivity contribution in [2.75, 3.05) is 0 Å². The Labute approximate surface area is 181 Å². The number of ether oxygens (including phenoxy) is 1. The van der Waals surface area contributed by atoms with Crippen LogP contribution in [0, 0.1) is 12.8 Å². The number of rotatable bonds is 7. The van der Waals surface area contributed by atoms with Gasteiger partial charge < -0.3 is 9.84 Å². The molecule has 3 aromatic carbocycles. The molecule has 0 bridgehead atoms. The molecule has 0 spiro atoms. The SMILES string of the molecule is Cc1ccccc1-c1sc2cc(O)ccc2c1Oc1ccc(CCCC2CC2)cc1. The molecule has 0 aliphatic heterocycles. The number of hydrogen-bond acceptors (Lipinski definition) is 3. The fourth-order valence-electron chi connectivity index (χ4n) is 4.01. The molecule has 0 saturated heterocycles. The topological polar surface area (TPSA) is 29.5 Å². The molecule has 1 heterocycles. The van der Waals surface area contributed by atoms with Crippen LogP contribution in [0.5, 0.6) is 17.2 Å². The molecule has 5 rings (SSSR count). The summed E-state index contributed by atoms with van der Waals surface area (Å²) in [7, 11) is 0. The van der Waals surface area contributed by atoms with Gasteiger partial charge >= 0.3 is 0 Å². The van der Waals surface area contributed by atoms with E-state index in [0.29, 0.717) is 0 Å². The molecular weight excluding hydrogens is 388 g/mol. The van der Waals surface area contributed by atoms with Gasteiger partial charge in [-0.2, -0.15) is 0 Å². The smallest absolute Gasteiger partial charge is 0.153 e. The van der Waals surface area contributed by atoms with E-state index >= 15 is 0 Å². The summed E-state index contributed by atoms with van der Waals surface area (Å²) < 4.78 is 7.48. The van der Waals surface area contributed by atoms with Crippen LogP contribution in [0.3, 0.4) is 0 Å². The minimum atomic E-state index is 0.280. The predicted molar refractivity (Wildman–Crippen MR) is 126 cm³/mol. The first-order valence-corrected chi connectivity index (χ1v) is 11.6. The van der Waals surface area contributed by atoms with Gasteiger partial charge in [0.2, 0.25) is 0 Å². The molecule has 1 aromatic heterocycles. The lowest BCUT2D eigenvalue weighted by Crippen LogP contribution is -1.89. The minimum absolute atomic E-state index is 0.280. The van der Waals surface area contributed by atoms with Crippen LogP contribution in [0.4, 0.5) is 0 Å². The van der Waals surface area contributed by atoms with Gasteiger partial charge in [0.1, 0.15) is 11.5 Å². The zero-order valence-corrected chi connectivity index (χ0v) is 18.0. The summed E-state index contributed by atoms with van der Waals surface area (Å²) in [5, 5.41) is 11.0. The van der Waals surface area contributed by atoms with E-state index in [4.69, 9.17) is 4.74 Å². The number of phenols is 1. The number of thiophene rings is 1. The van der Waals surface area contributed by atoms with Crippen LogP contribution >= 0.6 is 11.3 Å². The second kappa shape index (κ2) is 8.16. The molecule has 0 radical (unpaired) electrons. The van der Waals surface area contributed by atoms with Gasteiger partial charge in [-0.3, -0.25) is 0 Å². The average molecular weight is 415 g/mol. The maximum absolute atomic E-state index is 9.95. The molecule has 0 unspecified atom stereocenters. The summed E-state index contributed by atoms with van der Waals surface area (Å²) in [6.45, 7) is 2.12. The molecule has 1 saturated carbocycles. The number of phenolic OH excluding ortho intramolecular Hbond substituents is 1. The Morgan fingerprint density at radius 2 is 1.80 bits per heavy atom. The van der Waals surface area contributed by atoms with E-state index in [0.717, 1.165) is 38.8 Å². The van der Waals surface area contributed by atoms with Crippen molar-refractivity contribution < 1.29 is 9.84 Å². The molecule has 4 aromatic rings. The van der Waals surface area contributed by atoms with Gasteiger partial charge in [-0.15, -0.1) is 11.3 Å². The lowest BCUT2D eigenvalue weighted by Gasteiger charge is -2.10. The number of fused-ring (bicyclic) bond motifs is 1. The van der Waals surface area contributed by atoms with Gasteiger partial charge in [0.15, 0.2) is 5.75 Å². The van der Waals surface area contributed by atoms with Crippen LogP contribution in [0.25, 0.3) is 20.5 Å². The van der Waals surface area contributed by atoms with Gasteiger partial charge in [-0.05, 0) is 72.7 Å². The molecular formula is C27H26O2S. The first-order chi connectivity index (χ1) is 14.7. The maximum atomic E-state index is 9.95. The van der Waals surface area contributed by atoms with Gasteiger partial charge in [0.25, 0.3) is 0 Å². The molecule has 1 fully saturated rings. The quantitative estimate of drug-likeness (QED) is 0.331. The Hall–Kier alpha value is -2.78. The highest BCUT2D eigenvalue weighted by molar-refractivity contribution is 7.22. The predicted octanol–water partition coefficient (Wildman–Crippen LogP) is 8.11. The highest BCUT2D eigenvalue weighted by Gasteiger charge is 2.20. The fraction of sp³-hybridized carbons (Fsp3) is 0.259. The molecule has 152 valence electrons.